The van der Waals surface area contributed by atoms with Gasteiger partial charge in [-0.1, -0.05) is 11.6 Å². The number of fused-ring (bicyclic) bond motifs is 1. The molecule has 1 heterocycles. The van der Waals surface area contributed by atoms with Crippen molar-refractivity contribution in [2.75, 3.05) is 20.3 Å². The van der Waals surface area contributed by atoms with Gasteiger partial charge in [0.2, 0.25) is 0 Å². The lowest BCUT2D eigenvalue weighted by molar-refractivity contribution is 0.108. The van der Waals surface area contributed by atoms with Crippen molar-refractivity contribution in [1.29, 1.82) is 0 Å². The fourth-order valence-corrected chi connectivity index (χ4v) is 2.73. The molecule has 1 aromatic carbocycles. The molecule has 0 saturated carbocycles. The van der Waals surface area contributed by atoms with Gasteiger partial charge in [0.25, 0.3) is 5.24 Å². The van der Waals surface area contributed by atoms with Crippen LogP contribution in [0, 0.1) is 0 Å². The molecule has 0 radical (unpaired) electrons. The molecule has 0 unspecified atom stereocenters. The van der Waals surface area contributed by atoms with E-state index >= 15 is 0 Å². The second-order valence-electron chi connectivity index (χ2n) is 4.25. The molecular weight excluding hydrogens is 381 g/mol. The highest BCUT2D eigenvalue weighted by atomic mass is 79.9. The number of nitrogens with zero attached hydrogens (tertiary/aromatic N) is 1. The van der Waals surface area contributed by atoms with Gasteiger partial charge in [0.05, 0.1) is 27.2 Å². The van der Waals surface area contributed by atoms with Crippen molar-refractivity contribution in [2.24, 2.45) is 0 Å². The molecule has 2 rings (SSSR count). The summed E-state index contributed by atoms with van der Waals surface area (Å²) < 4.78 is 11.4. The molecular formula is C14H12BrCl2NO3. The summed E-state index contributed by atoms with van der Waals surface area (Å²) in [4.78, 5) is 15.5. The van der Waals surface area contributed by atoms with Gasteiger partial charge >= 0.3 is 0 Å². The van der Waals surface area contributed by atoms with Crippen LogP contribution in [0.3, 0.4) is 0 Å². The summed E-state index contributed by atoms with van der Waals surface area (Å²) in [6, 6.07) is 3.53. The van der Waals surface area contributed by atoms with Crippen LogP contribution >= 0.6 is 39.1 Å². The van der Waals surface area contributed by atoms with Gasteiger partial charge in [0.1, 0.15) is 5.75 Å². The van der Waals surface area contributed by atoms with E-state index in [-0.39, 0.29) is 10.6 Å². The first-order valence-electron chi connectivity index (χ1n) is 6.14. The Hall–Kier alpha value is -0.880. The third-order valence-electron chi connectivity index (χ3n) is 2.82. The van der Waals surface area contributed by atoms with E-state index in [1.807, 2.05) is 0 Å². The van der Waals surface area contributed by atoms with Crippen LogP contribution < -0.4 is 4.74 Å². The number of hydrogen-bond donors (Lipinski definition) is 0. The summed E-state index contributed by atoms with van der Waals surface area (Å²) in [7, 11) is 1.65. The number of methoxy groups -OCH3 is 1. The van der Waals surface area contributed by atoms with Crippen molar-refractivity contribution in [3.8, 4) is 5.75 Å². The van der Waals surface area contributed by atoms with Gasteiger partial charge in [0, 0.05) is 37.8 Å². The summed E-state index contributed by atoms with van der Waals surface area (Å²) in [6.45, 7) is 1.17. The van der Waals surface area contributed by atoms with Gasteiger partial charge in [0.15, 0.2) is 0 Å². The van der Waals surface area contributed by atoms with E-state index in [0.717, 1.165) is 10.9 Å². The standard InChI is InChI=1S/C14H12BrCl2NO3/c1-20-3-2-4-21-12-6-11-8(5-10(12)15)13(16)9(7-18-11)14(17)19/h5-7H,2-4H2,1H3. The molecule has 1 aromatic heterocycles. The second-order valence-corrected chi connectivity index (χ2v) is 5.83. The SMILES string of the molecule is COCCCOc1cc2ncc(C(=O)Cl)c(Cl)c2cc1Br. The molecule has 2 aromatic rings. The first kappa shape index (κ1) is 16.5. The van der Waals surface area contributed by atoms with E-state index < -0.39 is 5.24 Å². The maximum atomic E-state index is 11.3. The number of hydrogen-bond acceptors (Lipinski definition) is 4. The number of halogens is 3. The maximum absolute atomic E-state index is 11.3. The summed E-state index contributed by atoms with van der Waals surface area (Å²) in [6.07, 6.45) is 2.15. The Morgan fingerprint density at radius 3 is 2.81 bits per heavy atom. The monoisotopic (exact) mass is 391 g/mol. The maximum Gasteiger partial charge on any atom is 0.255 e. The van der Waals surface area contributed by atoms with Crippen LogP contribution in [0.15, 0.2) is 22.8 Å². The molecule has 0 bridgehead atoms. The number of carbonyl (C=O) groups is 1. The predicted octanol–water partition coefficient (Wildman–Crippen LogP) is 4.45. The molecule has 0 aliphatic heterocycles. The fraction of sp³-hybridized carbons (Fsp3) is 0.286. The van der Waals surface area contributed by atoms with E-state index in [0.29, 0.717) is 29.9 Å². The van der Waals surface area contributed by atoms with Crippen LogP contribution in [0.1, 0.15) is 16.8 Å². The molecule has 4 nitrogen and oxygen atoms in total. The molecule has 0 amide bonds. The smallest absolute Gasteiger partial charge is 0.255 e. The number of benzene rings is 1. The second kappa shape index (κ2) is 7.40. The molecule has 21 heavy (non-hydrogen) atoms. The normalized spacial score (nSPS) is 10.9. The van der Waals surface area contributed by atoms with E-state index in [4.69, 9.17) is 32.7 Å². The Kier molecular flexibility index (Phi) is 5.81. The minimum Gasteiger partial charge on any atom is -0.492 e. The lowest BCUT2D eigenvalue weighted by atomic mass is 10.1. The van der Waals surface area contributed by atoms with Gasteiger partial charge in [-0.25, -0.2) is 0 Å². The number of aromatic nitrogens is 1. The van der Waals surface area contributed by atoms with Gasteiger partial charge < -0.3 is 9.47 Å². The summed E-state index contributed by atoms with van der Waals surface area (Å²) in [5.41, 5.74) is 0.818. The Labute approximate surface area is 140 Å². The lowest BCUT2D eigenvalue weighted by Gasteiger charge is -2.10. The molecule has 0 spiro atoms. The average molecular weight is 393 g/mol. The quantitative estimate of drug-likeness (QED) is 0.538. The van der Waals surface area contributed by atoms with Crippen molar-refractivity contribution in [2.45, 2.75) is 6.42 Å². The molecule has 0 aliphatic carbocycles. The Morgan fingerprint density at radius 1 is 1.38 bits per heavy atom. The number of rotatable bonds is 6. The Bertz CT molecular complexity index is 679. The minimum atomic E-state index is -0.634. The first-order valence-corrected chi connectivity index (χ1v) is 7.68. The molecule has 112 valence electrons. The van der Waals surface area contributed by atoms with Crippen molar-refractivity contribution >= 4 is 55.3 Å². The van der Waals surface area contributed by atoms with E-state index in [1.54, 1.807) is 19.2 Å². The van der Waals surface area contributed by atoms with Gasteiger partial charge in [-0.05, 0) is 33.6 Å². The van der Waals surface area contributed by atoms with Crippen molar-refractivity contribution < 1.29 is 14.3 Å². The van der Waals surface area contributed by atoms with Crippen LogP contribution in [-0.2, 0) is 4.74 Å². The van der Waals surface area contributed by atoms with E-state index in [1.165, 1.54) is 6.20 Å². The highest BCUT2D eigenvalue weighted by Gasteiger charge is 2.14. The first-order chi connectivity index (χ1) is 10.0. The van der Waals surface area contributed by atoms with Crippen molar-refractivity contribution in [3.63, 3.8) is 0 Å². The summed E-state index contributed by atoms with van der Waals surface area (Å²) in [5.74, 6) is 0.659. The zero-order valence-corrected chi connectivity index (χ0v) is 14.3. The van der Waals surface area contributed by atoms with E-state index in [9.17, 15) is 4.79 Å². The van der Waals surface area contributed by atoms with Crippen LogP contribution in [0.25, 0.3) is 10.9 Å². The topological polar surface area (TPSA) is 48.4 Å². The number of pyridine rings is 1. The lowest BCUT2D eigenvalue weighted by Crippen LogP contribution is -2.02. The molecule has 7 heteroatoms. The number of ether oxygens (including phenoxy) is 2. The van der Waals surface area contributed by atoms with Crippen LogP contribution in [0.4, 0.5) is 0 Å². The van der Waals surface area contributed by atoms with Gasteiger partial charge in [-0.2, -0.15) is 0 Å². The zero-order chi connectivity index (χ0) is 15.4. The van der Waals surface area contributed by atoms with Crippen molar-refractivity contribution in [3.05, 3.63) is 33.4 Å². The van der Waals surface area contributed by atoms with Gasteiger partial charge in [-0.15, -0.1) is 0 Å². The molecule has 0 fully saturated rings. The molecule has 0 aliphatic rings. The van der Waals surface area contributed by atoms with Crippen molar-refractivity contribution in [1.82, 2.24) is 4.98 Å². The highest BCUT2D eigenvalue weighted by Crippen LogP contribution is 2.34. The third-order valence-corrected chi connectivity index (χ3v) is 4.05. The average Bonchev–Trinajstić information content (AvgIpc) is 2.45. The number of carbonyl (C=O) groups excluding carboxylic acids is 1. The highest BCUT2D eigenvalue weighted by molar-refractivity contribution is 9.10. The third kappa shape index (κ3) is 3.86. The van der Waals surface area contributed by atoms with Crippen LogP contribution in [-0.4, -0.2) is 30.5 Å². The minimum absolute atomic E-state index is 0.187. The zero-order valence-electron chi connectivity index (χ0n) is 11.2. The Balaban J connectivity index is 2.33. The Morgan fingerprint density at radius 2 is 2.14 bits per heavy atom. The fourth-order valence-electron chi connectivity index (χ4n) is 1.79. The van der Waals surface area contributed by atoms with Crippen LogP contribution in [0.2, 0.25) is 5.02 Å². The van der Waals surface area contributed by atoms with Crippen LogP contribution in [0.5, 0.6) is 5.75 Å². The predicted molar refractivity (Wildman–Crippen MR) is 86.6 cm³/mol. The van der Waals surface area contributed by atoms with E-state index in [2.05, 4.69) is 20.9 Å². The molecule has 0 atom stereocenters. The van der Waals surface area contributed by atoms with Gasteiger partial charge in [-0.3, -0.25) is 9.78 Å². The summed E-state index contributed by atoms with van der Waals surface area (Å²) in [5, 5.41) is 0.288. The molecule has 0 saturated heterocycles. The molecule has 0 N–H and O–H groups in total. The summed E-state index contributed by atoms with van der Waals surface area (Å²) >= 11 is 15.1. The largest absolute Gasteiger partial charge is 0.492 e.